The first-order chi connectivity index (χ1) is 12.6. The van der Waals surface area contributed by atoms with Gasteiger partial charge in [-0.3, -0.25) is 4.90 Å². The van der Waals surface area contributed by atoms with Gasteiger partial charge in [-0.05, 0) is 41.1 Å². The molecule has 1 aromatic rings. The number of likely N-dealkylation sites (N-methyl/N-ethyl adjacent to an activating group) is 1. The largest absolute Gasteiger partial charge is 0.378 e. The number of pyridine rings is 1. The number of allylic oxidation sites excluding steroid dienone is 2. The van der Waals surface area contributed by atoms with Crippen LogP contribution in [0.4, 0.5) is 11.5 Å². The van der Waals surface area contributed by atoms with Gasteiger partial charge in [0, 0.05) is 49.1 Å². The molecule has 0 aliphatic carbocycles. The Hall–Kier alpha value is -1.57. The predicted molar refractivity (Wildman–Crippen MR) is 109 cm³/mol. The van der Waals surface area contributed by atoms with E-state index >= 15 is 0 Å². The van der Waals surface area contributed by atoms with E-state index in [1.165, 1.54) is 5.69 Å². The van der Waals surface area contributed by atoms with E-state index in [4.69, 9.17) is 4.74 Å². The van der Waals surface area contributed by atoms with Gasteiger partial charge in [-0.25, -0.2) is 4.98 Å². The normalized spacial score (nSPS) is 24.8. The highest BCUT2D eigenvalue weighted by Crippen LogP contribution is 2.24. The lowest BCUT2D eigenvalue weighted by Crippen LogP contribution is -2.59. The molecule has 2 fully saturated rings. The van der Waals surface area contributed by atoms with Crippen LogP contribution in [0.25, 0.3) is 0 Å². The van der Waals surface area contributed by atoms with Gasteiger partial charge in [-0.2, -0.15) is 0 Å². The summed E-state index contributed by atoms with van der Waals surface area (Å²) in [4.78, 5) is 11.8. The van der Waals surface area contributed by atoms with Crippen LogP contribution in [-0.2, 0) is 4.74 Å². The zero-order valence-electron chi connectivity index (χ0n) is 15.4. The molecule has 26 heavy (non-hydrogen) atoms. The Morgan fingerprint density at radius 2 is 2.12 bits per heavy atom. The van der Waals surface area contributed by atoms with Gasteiger partial charge in [0.2, 0.25) is 0 Å². The Labute approximate surface area is 163 Å². The number of nitrogens with zero attached hydrogens (tertiary/aromatic N) is 4. The standard InChI is InChI=1S/C19H26BrN5O/c1-14-9-24(18-12-26-13-18)5-6-25(14)17-3-4-19(21-8-17)22-16-7-15(20)10-23(2)11-16/h3-4,7-8,10,14,18H,5-6,9,11-13H2,1-2H3,(H,21,22)/t14-/m1/s1. The molecule has 1 aromatic heterocycles. The molecule has 7 heteroatoms. The number of hydrogen-bond donors (Lipinski definition) is 1. The average Bonchev–Trinajstić information content (AvgIpc) is 2.53. The van der Waals surface area contributed by atoms with Gasteiger partial charge < -0.3 is 19.9 Å². The second-order valence-electron chi connectivity index (χ2n) is 7.35. The summed E-state index contributed by atoms with van der Waals surface area (Å²) in [6.07, 6.45) is 6.15. The van der Waals surface area contributed by atoms with Gasteiger partial charge in [0.25, 0.3) is 0 Å². The van der Waals surface area contributed by atoms with Crippen LogP contribution < -0.4 is 10.2 Å². The smallest absolute Gasteiger partial charge is 0.130 e. The number of hydrogen-bond acceptors (Lipinski definition) is 6. The first-order valence-electron chi connectivity index (χ1n) is 9.18. The zero-order chi connectivity index (χ0) is 18.1. The maximum atomic E-state index is 5.34. The Morgan fingerprint density at radius 3 is 2.73 bits per heavy atom. The van der Waals surface area contributed by atoms with Gasteiger partial charge in [0.15, 0.2) is 0 Å². The summed E-state index contributed by atoms with van der Waals surface area (Å²) in [6, 6.07) is 5.35. The van der Waals surface area contributed by atoms with Crippen molar-refractivity contribution in [2.24, 2.45) is 0 Å². The lowest BCUT2D eigenvalue weighted by Gasteiger charge is -2.46. The summed E-state index contributed by atoms with van der Waals surface area (Å²) < 4.78 is 6.40. The Morgan fingerprint density at radius 1 is 1.27 bits per heavy atom. The molecule has 4 rings (SSSR count). The van der Waals surface area contributed by atoms with Crippen LogP contribution in [0, 0.1) is 0 Å². The number of rotatable bonds is 4. The van der Waals surface area contributed by atoms with Gasteiger partial charge in [-0.15, -0.1) is 0 Å². The van der Waals surface area contributed by atoms with E-state index in [0.29, 0.717) is 12.1 Å². The molecule has 3 aliphatic rings. The second kappa shape index (κ2) is 7.58. The third-order valence-electron chi connectivity index (χ3n) is 5.24. The maximum Gasteiger partial charge on any atom is 0.130 e. The zero-order valence-corrected chi connectivity index (χ0v) is 16.9. The molecule has 0 amide bonds. The number of aromatic nitrogens is 1. The fraction of sp³-hybridized carbons (Fsp3) is 0.526. The molecule has 0 unspecified atom stereocenters. The van der Waals surface area contributed by atoms with Crippen molar-refractivity contribution in [3.05, 3.63) is 40.8 Å². The van der Waals surface area contributed by atoms with Crippen molar-refractivity contribution in [2.75, 3.05) is 56.7 Å². The minimum Gasteiger partial charge on any atom is -0.378 e. The van der Waals surface area contributed by atoms with Crippen LogP contribution in [-0.4, -0.2) is 73.3 Å². The van der Waals surface area contributed by atoms with E-state index < -0.39 is 0 Å². The highest BCUT2D eigenvalue weighted by atomic mass is 79.9. The number of halogens is 1. The molecule has 2 saturated heterocycles. The van der Waals surface area contributed by atoms with Crippen LogP contribution in [0.5, 0.6) is 0 Å². The first kappa shape index (κ1) is 17.8. The van der Waals surface area contributed by atoms with Gasteiger partial charge in [0.05, 0.1) is 37.7 Å². The van der Waals surface area contributed by atoms with Crippen molar-refractivity contribution in [1.82, 2.24) is 14.8 Å². The van der Waals surface area contributed by atoms with Crippen molar-refractivity contribution in [3.63, 3.8) is 0 Å². The van der Waals surface area contributed by atoms with Crippen LogP contribution in [0.2, 0.25) is 0 Å². The molecule has 1 N–H and O–H groups in total. The molecule has 3 aliphatic heterocycles. The Bertz CT molecular complexity index is 700. The lowest BCUT2D eigenvalue weighted by molar-refractivity contribution is -0.0691. The van der Waals surface area contributed by atoms with Crippen molar-refractivity contribution in [3.8, 4) is 0 Å². The van der Waals surface area contributed by atoms with E-state index in [1.807, 2.05) is 6.20 Å². The molecule has 1 atom stereocenters. The fourth-order valence-corrected chi connectivity index (χ4v) is 4.41. The van der Waals surface area contributed by atoms with Crippen molar-refractivity contribution < 1.29 is 4.74 Å². The quantitative estimate of drug-likeness (QED) is 0.808. The molecule has 0 aromatic carbocycles. The molecular weight excluding hydrogens is 394 g/mol. The monoisotopic (exact) mass is 419 g/mol. The molecule has 140 valence electrons. The summed E-state index contributed by atoms with van der Waals surface area (Å²) in [7, 11) is 2.06. The minimum atomic E-state index is 0.487. The molecule has 4 heterocycles. The van der Waals surface area contributed by atoms with Crippen LogP contribution >= 0.6 is 15.9 Å². The topological polar surface area (TPSA) is 43.9 Å². The van der Waals surface area contributed by atoms with E-state index in [1.54, 1.807) is 0 Å². The van der Waals surface area contributed by atoms with E-state index in [-0.39, 0.29) is 0 Å². The molecule has 0 radical (unpaired) electrons. The van der Waals surface area contributed by atoms with Crippen LogP contribution in [0.3, 0.4) is 0 Å². The Balaban J connectivity index is 1.38. The van der Waals surface area contributed by atoms with E-state index in [0.717, 1.165) is 55.4 Å². The van der Waals surface area contributed by atoms with Gasteiger partial charge >= 0.3 is 0 Å². The maximum absolute atomic E-state index is 5.34. The summed E-state index contributed by atoms with van der Waals surface area (Å²) in [5.74, 6) is 0.883. The van der Waals surface area contributed by atoms with Crippen LogP contribution in [0.1, 0.15) is 6.92 Å². The highest BCUT2D eigenvalue weighted by molar-refractivity contribution is 9.11. The molecule has 6 nitrogen and oxygen atoms in total. The lowest BCUT2D eigenvalue weighted by atomic mass is 10.1. The number of anilines is 2. The Kier molecular flexibility index (Phi) is 5.20. The van der Waals surface area contributed by atoms with Crippen molar-refractivity contribution in [1.29, 1.82) is 0 Å². The van der Waals surface area contributed by atoms with E-state index in [9.17, 15) is 0 Å². The van der Waals surface area contributed by atoms with Gasteiger partial charge in [0.1, 0.15) is 5.82 Å². The number of ether oxygens (including phenoxy) is 1. The third kappa shape index (κ3) is 3.89. The summed E-state index contributed by atoms with van der Waals surface area (Å²) in [6.45, 7) is 8.16. The first-order valence-corrected chi connectivity index (χ1v) is 9.97. The average molecular weight is 420 g/mol. The predicted octanol–water partition coefficient (Wildman–Crippen LogP) is 2.47. The van der Waals surface area contributed by atoms with Crippen molar-refractivity contribution in [2.45, 2.75) is 19.0 Å². The summed E-state index contributed by atoms with van der Waals surface area (Å²) >= 11 is 3.54. The van der Waals surface area contributed by atoms with Crippen molar-refractivity contribution >= 4 is 27.4 Å². The third-order valence-corrected chi connectivity index (χ3v) is 5.67. The summed E-state index contributed by atoms with van der Waals surface area (Å²) in [5, 5.41) is 3.42. The second-order valence-corrected chi connectivity index (χ2v) is 8.27. The molecular formula is C19H26BrN5O. The fourth-order valence-electron chi connectivity index (χ4n) is 3.78. The van der Waals surface area contributed by atoms with Gasteiger partial charge in [-0.1, -0.05) is 0 Å². The number of piperazine rings is 1. The van der Waals surface area contributed by atoms with E-state index in [2.05, 4.69) is 79.3 Å². The summed E-state index contributed by atoms with van der Waals surface area (Å²) in [5.41, 5.74) is 2.33. The molecule has 0 spiro atoms. The minimum absolute atomic E-state index is 0.487. The molecule has 0 saturated carbocycles. The highest BCUT2D eigenvalue weighted by Gasteiger charge is 2.32. The van der Waals surface area contributed by atoms with Crippen LogP contribution in [0.15, 0.2) is 40.8 Å². The molecule has 0 bridgehead atoms. The SMILES string of the molecule is C[C@@H]1CN(C2COC2)CCN1c1ccc(NC2=CC(Br)=CN(C)C2)nc1. The number of nitrogens with one attached hydrogen (secondary N) is 1.